The molecule has 1 atom stereocenters. The van der Waals surface area contributed by atoms with Crippen LogP contribution in [0, 0.1) is 0 Å². The molecule has 1 aliphatic rings. The van der Waals surface area contributed by atoms with Crippen LogP contribution in [0.1, 0.15) is 20.3 Å². The molecule has 4 amide bonds. The molecule has 28 heavy (non-hydrogen) atoms. The Hall–Kier alpha value is -3.68. The molecule has 0 fully saturated rings. The van der Waals surface area contributed by atoms with Crippen molar-refractivity contribution >= 4 is 46.4 Å². The average molecular weight is 380 g/mol. The van der Waals surface area contributed by atoms with Crippen LogP contribution in [0.3, 0.4) is 0 Å². The minimum atomic E-state index is -0.939. The number of hydrogen-bond acceptors (Lipinski definition) is 4. The quantitative estimate of drug-likeness (QED) is 0.757. The van der Waals surface area contributed by atoms with E-state index in [1.165, 1.54) is 18.7 Å². The lowest BCUT2D eigenvalue weighted by molar-refractivity contribution is -0.125. The van der Waals surface area contributed by atoms with Crippen molar-refractivity contribution in [2.24, 2.45) is 0 Å². The van der Waals surface area contributed by atoms with Gasteiger partial charge in [-0.05, 0) is 36.4 Å². The molecule has 2 aromatic rings. The molecule has 1 aliphatic heterocycles. The summed E-state index contributed by atoms with van der Waals surface area (Å²) in [5.74, 6) is -1.33. The second-order valence-electron chi connectivity index (χ2n) is 6.42. The first-order chi connectivity index (χ1) is 13.3. The smallest absolute Gasteiger partial charge is 0.248 e. The van der Waals surface area contributed by atoms with E-state index < -0.39 is 17.9 Å². The summed E-state index contributed by atoms with van der Waals surface area (Å²) in [6, 6.07) is 12.6. The van der Waals surface area contributed by atoms with Crippen LogP contribution in [0.2, 0.25) is 0 Å². The number of rotatable bonds is 4. The van der Waals surface area contributed by atoms with E-state index in [4.69, 9.17) is 0 Å². The molecule has 0 aromatic heterocycles. The summed E-state index contributed by atoms with van der Waals surface area (Å²) in [6.45, 7) is 2.77. The number of carbonyl (C=O) groups excluding carboxylic acids is 4. The van der Waals surface area contributed by atoms with E-state index in [1.54, 1.807) is 48.5 Å². The van der Waals surface area contributed by atoms with Gasteiger partial charge in [0, 0.05) is 25.2 Å². The number of benzene rings is 2. The molecular weight excluding hydrogens is 360 g/mol. The van der Waals surface area contributed by atoms with E-state index in [0.29, 0.717) is 22.7 Å². The number of anilines is 4. The monoisotopic (exact) mass is 380 g/mol. The van der Waals surface area contributed by atoms with Crippen molar-refractivity contribution in [3.63, 3.8) is 0 Å². The molecule has 8 nitrogen and oxygen atoms in total. The van der Waals surface area contributed by atoms with Crippen LogP contribution in [-0.2, 0) is 19.2 Å². The Morgan fingerprint density at radius 3 is 2.18 bits per heavy atom. The molecule has 0 aliphatic carbocycles. The van der Waals surface area contributed by atoms with E-state index in [0.717, 1.165) is 0 Å². The SMILES string of the molecule is CC(=O)Nc1ccc(NC(=O)CC2C(=O)Nc3ccccc3N2C(C)=O)cc1. The number of nitrogens with one attached hydrogen (secondary N) is 3. The van der Waals surface area contributed by atoms with Crippen molar-refractivity contribution < 1.29 is 19.2 Å². The highest BCUT2D eigenvalue weighted by Crippen LogP contribution is 2.33. The topological polar surface area (TPSA) is 108 Å². The molecule has 2 aromatic carbocycles. The fraction of sp³-hybridized carbons (Fsp3) is 0.200. The van der Waals surface area contributed by atoms with Crippen LogP contribution in [0.4, 0.5) is 22.7 Å². The number of para-hydroxylation sites is 2. The van der Waals surface area contributed by atoms with Crippen LogP contribution in [0.25, 0.3) is 0 Å². The molecule has 3 N–H and O–H groups in total. The largest absolute Gasteiger partial charge is 0.326 e. The number of fused-ring (bicyclic) bond motifs is 1. The third-order valence-electron chi connectivity index (χ3n) is 4.24. The Morgan fingerprint density at radius 1 is 0.964 bits per heavy atom. The standard InChI is InChI=1S/C20H20N4O4/c1-12(25)21-14-7-9-15(10-8-14)22-19(27)11-18-20(28)23-16-5-3-4-6-17(16)24(18)13(2)26/h3-10,18H,11H2,1-2H3,(H,21,25)(H,22,27)(H,23,28). The highest BCUT2D eigenvalue weighted by atomic mass is 16.2. The maximum absolute atomic E-state index is 12.5. The Balaban J connectivity index is 1.73. The first kappa shape index (κ1) is 19.1. The summed E-state index contributed by atoms with van der Waals surface area (Å²) in [5.41, 5.74) is 2.22. The second-order valence-corrected chi connectivity index (χ2v) is 6.42. The molecule has 0 spiro atoms. The lowest BCUT2D eigenvalue weighted by atomic mass is 10.0. The number of nitrogens with zero attached hydrogens (tertiary/aromatic N) is 1. The Morgan fingerprint density at radius 2 is 1.57 bits per heavy atom. The maximum atomic E-state index is 12.5. The molecule has 0 saturated carbocycles. The number of carbonyl (C=O) groups is 4. The average Bonchev–Trinajstić information content (AvgIpc) is 2.63. The fourth-order valence-electron chi connectivity index (χ4n) is 3.09. The highest BCUT2D eigenvalue weighted by molar-refractivity contribution is 6.13. The van der Waals surface area contributed by atoms with Crippen molar-refractivity contribution in [2.75, 3.05) is 20.9 Å². The van der Waals surface area contributed by atoms with Crippen LogP contribution in [0.5, 0.6) is 0 Å². The zero-order valence-corrected chi connectivity index (χ0v) is 15.5. The first-order valence-corrected chi connectivity index (χ1v) is 8.72. The lowest BCUT2D eigenvalue weighted by Crippen LogP contribution is -2.51. The van der Waals surface area contributed by atoms with Gasteiger partial charge in [-0.3, -0.25) is 24.1 Å². The molecule has 1 unspecified atom stereocenters. The molecule has 8 heteroatoms. The molecular formula is C20H20N4O4. The third kappa shape index (κ3) is 4.17. The van der Waals surface area contributed by atoms with Gasteiger partial charge >= 0.3 is 0 Å². The normalized spacial score (nSPS) is 15.3. The molecule has 1 heterocycles. The highest BCUT2D eigenvalue weighted by Gasteiger charge is 2.36. The Labute approximate surface area is 161 Å². The van der Waals surface area contributed by atoms with Gasteiger partial charge in [0.1, 0.15) is 6.04 Å². The van der Waals surface area contributed by atoms with Crippen molar-refractivity contribution in [2.45, 2.75) is 26.3 Å². The van der Waals surface area contributed by atoms with Crippen LogP contribution < -0.4 is 20.9 Å². The van der Waals surface area contributed by atoms with Gasteiger partial charge in [-0.1, -0.05) is 12.1 Å². The first-order valence-electron chi connectivity index (χ1n) is 8.72. The van der Waals surface area contributed by atoms with Gasteiger partial charge in [-0.25, -0.2) is 0 Å². The maximum Gasteiger partial charge on any atom is 0.248 e. The van der Waals surface area contributed by atoms with E-state index in [2.05, 4.69) is 16.0 Å². The van der Waals surface area contributed by atoms with Crippen molar-refractivity contribution in [3.8, 4) is 0 Å². The Kier molecular flexibility index (Phi) is 5.39. The molecule has 0 saturated heterocycles. The van der Waals surface area contributed by atoms with Crippen LogP contribution in [0.15, 0.2) is 48.5 Å². The predicted octanol–water partition coefficient (Wildman–Crippen LogP) is 2.35. The summed E-state index contributed by atoms with van der Waals surface area (Å²) in [5, 5.41) is 8.08. The summed E-state index contributed by atoms with van der Waals surface area (Å²) >= 11 is 0. The molecule has 0 bridgehead atoms. The zero-order valence-electron chi connectivity index (χ0n) is 15.5. The summed E-state index contributed by atoms with van der Waals surface area (Å²) in [7, 11) is 0. The van der Waals surface area contributed by atoms with Gasteiger partial charge in [-0.2, -0.15) is 0 Å². The van der Waals surface area contributed by atoms with Crippen molar-refractivity contribution in [1.82, 2.24) is 0 Å². The van der Waals surface area contributed by atoms with Gasteiger partial charge in [0.15, 0.2) is 0 Å². The molecule has 144 valence electrons. The minimum Gasteiger partial charge on any atom is -0.326 e. The Bertz CT molecular complexity index is 939. The second kappa shape index (κ2) is 7.91. The fourth-order valence-corrected chi connectivity index (χ4v) is 3.09. The molecule has 0 radical (unpaired) electrons. The van der Waals surface area contributed by atoms with Gasteiger partial charge in [-0.15, -0.1) is 0 Å². The van der Waals surface area contributed by atoms with E-state index in [-0.39, 0.29) is 18.2 Å². The van der Waals surface area contributed by atoms with E-state index in [9.17, 15) is 19.2 Å². The van der Waals surface area contributed by atoms with Crippen molar-refractivity contribution in [1.29, 1.82) is 0 Å². The summed E-state index contributed by atoms with van der Waals surface area (Å²) < 4.78 is 0. The van der Waals surface area contributed by atoms with Crippen LogP contribution >= 0.6 is 0 Å². The third-order valence-corrected chi connectivity index (χ3v) is 4.24. The van der Waals surface area contributed by atoms with Crippen molar-refractivity contribution in [3.05, 3.63) is 48.5 Å². The van der Waals surface area contributed by atoms with E-state index in [1.807, 2.05) is 0 Å². The number of amides is 4. The predicted molar refractivity (Wildman–Crippen MR) is 106 cm³/mol. The summed E-state index contributed by atoms with van der Waals surface area (Å²) in [4.78, 5) is 49.5. The van der Waals surface area contributed by atoms with Gasteiger partial charge in [0.25, 0.3) is 0 Å². The lowest BCUT2D eigenvalue weighted by Gasteiger charge is -2.35. The van der Waals surface area contributed by atoms with Gasteiger partial charge in [0.2, 0.25) is 23.6 Å². The number of hydrogen-bond donors (Lipinski definition) is 3. The van der Waals surface area contributed by atoms with E-state index >= 15 is 0 Å². The van der Waals surface area contributed by atoms with Crippen LogP contribution in [-0.4, -0.2) is 29.7 Å². The van der Waals surface area contributed by atoms with Gasteiger partial charge in [0.05, 0.1) is 17.8 Å². The zero-order chi connectivity index (χ0) is 20.3. The summed E-state index contributed by atoms with van der Waals surface area (Å²) in [6.07, 6.45) is -0.187. The molecule has 3 rings (SSSR count). The van der Waals surface area contributed by atoms with Gasteiger partial charge < -0.3 is 16.0 Å². The minimum absolute atomic E-state index is 0.187.